The number of hydrogen-bond acceptors (Lipinski definition) is 3. The smallest absolute Gasteiger partial charge is 0.394 e. The molecule has 1 atom stereocenters. The first-order valence-corrected chi connectivity index (χ1v) is 7.46. The summed E-state index contributed by atoms with van der Waals surface area (Å²) in [5.74, 6) is -2.35. The van der Waals surface area contributed by atoms with Gasteiger partial charge in [-0.15, -0.1) is 0 Å². The number of nitrogen functional groups attached to an aromatic ring is 1. The zero-order valence-corrected chi connectivity index (χ0v) is 13.0. The van der Waals surface area contributed by atoms with Crippen molar-refractivity contribution >= 4 is 17.6 Å². The summed E-state index contributed by atoms with van der Waals surface area (Å²) in [5.41, 5.74) is 8.05. The van der Waals surface area contributed by atoms with E-state index in [0.29, 0.717) is 12.1 Å². The minimum Gasteiger partial charge on any atom is -0.474 e. The number of aliphatic carboxylic acids is 1. The van der Waals surface area contributed by atoms with Crippen LogP contribution >= 0.6 is 0 Å². The highest BCUT2D eigenvalue weighted by Crippen LogP contribution is 2.26. The molecule has 23 heavy (non-hydrogen) atoms. The third kappa shape index (κ3) is 4.10. The van der Waals surface area contributed by atoms with E-state index in [0.717, 1.165) is 11.1 Å². The number of benzene rings is 2. The highest BCUT2D eigenvalue weighted by molar-refractivity contribution is 6.31. The molecule has 0 aromatic heterocycles. The molecule has 0 heterocycles. The van der Waals surface area contributed by atoms with Crippen LogP contribution in [0, 0.1) is 0 Å². The lowest BCUT2D eigenvalue weighted by molar-refractivity contribution is -0.157. The van der Waals surface area contributed by atoms with E-state index in [4.69, 9.17) is 10.8 Å². The zero-order valence-electron chi connectivity index (χ0n) is 13.0. The van der Waals surface area contributed by atoms with Gasteiger partial charge in [0, 0.05) is 12.2 Å². The van der Waals surface area contributed by atoms with E-state index >= 15 is 0 Å². The van der Waals surface area contributed by atoms with E-state index in [1.165, 1.54) is 4.90 Å². The van der Waals surface area contributed by atoms with E-state index in [-0.39, 0.29) is 12.6 Å². The second kappa shape index (κ2) is 7.45. The van der Waals surface area contributed by atoms with Crippen molar-refractivity contribution in [3.8, 4) is 0 Å². The minimum atomic E-state index is -1.45. The Balaban J connectivity index is 2.34. The molecule has 0 aliphatic heterocycles. The average molecular weight is 312 g/mol. The second-order valence-electron chi connectivity index (χ2n) is 5.31. The summed E-state index contributed by atoms with van der Waals surface area (Å²) in [5, 5.41) is 9.15. The number of nitrogens with two attached hydrogens (primary N) is 1. The first kappa shape index (κ1) is 16.5. The number of carboxylic acids is 1. The molecule has 0 fully saturated rings. The lowest BCUT2D eigenvalue weighted by atomic mass is 10.0. The van der Waals surface area contributed by atoms with Crippen LogP contribution in [0.2, 0.25) is 0 Å². The van der Waals surface area contributed by atoms with Gasteiger partial charge in [-0.05, 0) is 29.7 Å². The van der Waals surface area contributed by atoms with Crippen LogP contribution in [0.25, 0.3) is 0 Å². The number of carbonyl (C=O) groups is 2. The number of rotatable bonds is 5. The van der Waals surface area contributed by atoms with Crippen molar-refractivity contribution in [2.75, 3.05) is 5.73 Å². The number of anilines is 1. The average Bonchev–Trinajstić information content (AvgIpc) is 2.56. The van der Waals surface area contributed by atoms with Gasteiger partial charge in [-0.2, -0.15) is 0 Å². The maximum atomic E-state index is 12.2. The first-order valence-electron chi connectivity index (χ1n) is 7.46. The van der Waals surface area contributed by atoms with E-state index in [2.05, 4.69) is 0 Å². The highest BCUT2D eigenvalue weighted by Gasteiger charge is 2.28. The standard InChI is InChI=1S/C18H20N2O3/c1-2-16(14-6-4-3-5-7-14)20(17(21)18(22)23)12-13-8-10-15(19)11-9-13/h3-11,16H,2,12,19H2,1H3,(H,22,23). The number of carboxylic acid groups (broad SMARTS) is 1. The van der Waals surface area contributed by atoms with Crippen molar-refractivity contribution in [1.29, 1.82) is 0 Å². The van der Waals surface area contributed by atoms with Gasteiger partial charge in [0.05, 0.1) is 6.04 Å². The summed E-state index contributed by atoms with van der Waals surface area (Å²) in [4.78, 5) is 24.8. The summed E-state index contributed by atoms with van der Waals surface area (Å²) in [6.45, 7) is 2.15. The summed E-state index contributed by atoms with van der Waals surface area (Å²) in [6, 6.07) is 16.2. The Morgan fingerprint density at radius 2 is 1.70 bits per heavy atom. The SMILES string of the molecule is CCC(c1ccccc1)N(Cc1ccc(N)cc1)C(=O)C(=O)O. The summed E-state index contributed by atoms with van der Waals surface area (Å²) in [6.07, 6.45) is 0.623. The lowest BCUT2D eigenvalue weighted by Crippen LogP contribution is -2.38. The molecule has 2 rings (SSSR count). The van der Waals surface area contributed by atoms with Gasteiger partial charge in [0.1, 0.15) is 0 Å². The molecule has 0 spiro atoms. The van der Waals surface area contributed by atoms with Gasteiger partial charge in [-0.3, -0.25) is 4.79 Å². The molecule has 0 radical (unpaired) electrons. The fraction of sp³-hybridized carbons (Fsp3) is 0.222. The van der Waals surface area contributed by atoms with Gasteiger partial charge in [0.15, 0.2) is 0 Å². The molecular formula is C18H20N2O3. The minimum absolute atomic E-state index is 0.221. The van der Waals surface area contributed by atoms with Crippen LogP contribution < -0.4 is 5.73 Å². The van der Waals surface area contributed by atoms with E-state index in [1.807, 2.05) is 37.3 Å². The van der Waals surface area contributed by atoms with Crippen LogP contribution in [0.4, 0.5) is 5.69 Å². The molecule has 5 nitrogen and oxygen atoms in total. The van der Waals surface area contributed by atoms with E-state index in [1.54, 1.807) is 24.3 Å². The predicted octanol–water partition coefficient (Wildman–Crippen LogP) is 2.83. The normalized spacial score (nSPS) is 11.7. The molecule has 2 aromatic carbocycles. The van der Waals surface area contributed by atoms with Crippen molar-refractivity contribution in [2.24, 2.45) is 0 Å². The molecule has 3 N–H and O–H groups in total. The van der Waals surface area contributed by atoms with Crippen molar-refractivity contribution in [1.82, 2.24) is 4.90 Å². The van der Waals surface area contributed by atoms with Crippen LogP contribution in [0.3, 0.4) is 0 Å². The molecule has 0 aliphatic rings. The fourth-order valence-corrected chi connectivity index (χ4v) is 2.58. The number of amides is 1. The highest BCUT2D eigenvalue weighted by atomic mass is 16.4. The van der Waals surface area contributed by atoms with Gasteiger partial charge >= 0.3 is 11.9 Å². The molecule has 2 aromatic rings. The Bertz CT molecular complexity index is 668. The zero-order chi connectivity index (χ0) is 16.8. The quantitative estimate of drug-likeness (QED) is 0.657. The Hall–Kier alpha value is -2.82. The third-order valence-corrected chi connectivity index (χ3v) is 3.72. The van der Waals surface area contributed by atoms with Crippen LogP contribution in [-0.4, -0.2) is 21.9 Å². The van der Waals surface area contributed by atoms with Gasteiger partial charge in [0.25, 0.3) is 0 Å². The molecule has 0 saturated carbocycles. The Morgan fingerprint density at radius 1 is 1.09 bits per heavy atom. The first-order chi connectivity index (χ1) is 11.0. The predicted molar refractivity (Wildman–Crippen MR) is 88.5 cm³/mol. The summed E-state index contributed by atoms with van der Waals surface area (Å²) >= 11 is 0. The van der Waals surface area contributed by atoms with Crippen LogP contribution in [0.15, 0.2) is 54.6 Å². The Labute approximate surface area is 135 Å². The van der Waals surface area contributed by atoms with Crippen LogP contribution in [-0.2, 0) is 16.1 Å². The van der Waals surface area contributed by atoms with Gasteiger partial charge in [-0.25, -0.2) is 4.79 Å². The molecule has 0 bridgehead atoms. The van der Waals surface area contributed by atoms with E-state index < -0.39 is 11.9 Å². The third-order valence-electron chi connectivity index (χ3n) is 3.72. The van der Waals surface area contributed by atoms with Crippen LogP contribution in [0.1, 0.15) is 30.5 Å². The largest absolute Gasteiger partial charge is 0.474 e. The molecule has 1 unspecified atom stereocenters. The molecule has 5 heteroatoms. The Kier molecular flexibility index (Phi) is 5.36. The molecule has 0 aliphatic carbocycles. The fourth-order valence-electron chi connectivity index (χ4n) is 2.58. The molecule has 1 amide bonds. The van der Waals surface area contributed by atoms with Gasteiger partial charge in [0.2, 0.25) is 0 Å². The van der Waals surface area contributed by atoms with Crippen molar-refractivity contribution in [3.63, 3.8) is 0 Å². The summed E-state index contributed by atoms with van der Waals surface area (Å²) < 4.78 is 0. The maximum absolute atomic E-state index is 12.2. The molecular weight excluding hydrogens is 292 g/mol. The van der Waals surface area contributed by atoms with Crippen molar-refractivity contribution in [2.45, 2.75) is 25.9 Å². The molecule has 0 saturated heterocycles. The van der Waals surface area contributed by atoms with Gasteiger partial charge in [-0.1, -0.05) is 49.4 Å². The van der Waals surface area contributed by atoms with Crippen molar-refractivity contribution in [3.05, 3.63) is 65.7 Å². The number of carbonyl (C=O) groups excluding carboxylic acids is 1. The number of nitrogens with zero attached hydrogens (tertiary/aromatic N) is 1. The van der Waals surface area contributed by atoms with Gasteiger partial charge < -0.3 is 15.7 Å². The van der Waals surface area contributed by atoms with Crippen molar-refractivity contribution < 1.29 is 14.7 Å². The Morgan fingerprint density at radius 3 is 2.22 bits per heavy atom. The lowest BCUT2D eigenvalue weighted by Gasteiger charge is -2.30. The topological polar surface area (TPSA) is 83.6 Å². The van der Waals surface area contributed by atoms with Crippen LogP contribution in [0.5, 0.6) is 0 Å². The van der Waals surface area contributed by atoms with E-state index in [9.17, 15) is 9.59 Å². The monoisotopic (exact) mass is 312 g/mol. The second-order valence-corrected chi connectivity index (χ2v) is 5.31. The molecule has 120 valence electrons. The summed E-state index contributed by atoms with van der Waals surface area (Å²) in [7, 11) is 0. The maximum Gasteiger partial charge on any atom is 0.394 e. The number of hydrogen-bond donors (Lipinski definition) is 2.